The van der Waals surface area contributed by atoms with Gasteiger partial charge in [-0.25, -0.2) is 9.78 Å². The Hall–Kier alpha value is -3.04. The Morgan fingerprint density at radius 3 is 2.53 bits per heavy atom. The van der Waals surface area contributed by atoms with Crippen molar-refractivity contribution in [3.63, 3.8) is 0 Å². The SMILES string of the molecule is O=C(CN1CCN(c2ccc(Cl)cn2)CC1)NC(=O)Nc1ccc2c(c1)OCCO2. The quantitative estimate of drug-likeness (QED) is 0.764. The van der Waals surface area contributed by atoms with Gasteiger partial charge in [0.25, 0.3) is 0 Å². The highest BCUT2D eigenvalue weighted by molar-refractivity contribution is 6.30. The Labute approximate surface area is 178 Å². The van der Waals surface area contributed by atoms with E-state index in [2.05, 4.69) is 20.5 Å². The van der Waals surface area contributed by atoms with Gasteiger partial charge in [-0.05, 0) is 24.3 Å². The molecule has 0 bridgehead atoms. The van der Waals surface area contributed by atoms with Crippen LogP contribution in [-0.4, -0.2) is 67.8 Å². The van der Waals surface area contributed by atoms with Crippen LogP contribution >= 0.6 is 11.6 Å². The van der Waals surface area contributed by atoms with E-state index in [1.165, 1.54) is 0 Å². The number of pyridine rings is 1. The number of nitrogens with one attached hydrogen (secondary N) is 2. The fourth-order valence-electron chi connectivity index (χ4n) is 3.34. The molecule has 1 saturated heterocycles. The molecule has 2 aromatic rings. The van der Waals surface area contributed by atoms with E-state index < -0.39 is 6.03 Å². The maximum atomic E-state index is 12.2. The minimum absolute atomic E-state index is 0.149. The lowest BCUT2D eigenvalue weighted by Crippen LogP contribution is -2.50. The summed E-state index contributed by atoms with van der Waals surface area (Å²) in [5.41, 5.74) is 0.522. The summed E-state index contributed by atoms with van der Waals surface area (Å²) in [6.07, 6.45) is 1.62. The molecule has 9 nitrogen and oxygen atoms in total. The highest BCUT2D eigenvalue weighted by Gasteiger charge is 2.21. The third kappa shape index (κ3) is 5.11. The molecule has 30 heavy (non-hydrogen) atoms. The highest BCUT2D eigenvalue weighted by atomic mass is 35.5. The highest BCUT2D eigenvalue weighted by Crippen LogP contribution is 2.32. The van der Waals surface area contributed by atoms with E-state index in [0.29, 0.717) is 48.5 Å². The molecular formula is C20H22ClN5O4. The van der Waals surface area contributed by atoms with Crippen molar-refractivity contribution in [3.8, 4) is 11.5 Å². The second-order valence-electron chi connectivity index (χ2n) is 6.96. The number of carbonyl (C=O) groups is 2. The summed E-state index contributed by atoms with van der Waals surface area (Å²) >= 11 is 5.88. The first-order chi connectivity index (χ1) is 14.6. The largest absolute Gasteiger partial charge is 0.486 e. The summed E-state index contributed by atoms with van der Waals surface area (Å²) in [7, 11) is 0. The van der Waals surface area contributed by atoms with E-state index in [4.69, 9.17) is 21.1 Å². The molecule has 0 atom stereocenters. The molecule has 1 aromatic carbocycles. The normalized spacial score (nSPS) is 16.1. The van der Waals surface area contributed by atoms with Gasteiger partial charge in [0.1, 0.15) is 19.0 Å². The number of nitrogens with zero attached hydrogens (tertiary/aromatic N) is 3. The monoisotopic (exact) mass is 431 g/mol. The van der Waals surface area contributed by atoms with Gasteiger partial charge in [0.2, 0.25) is 5.91 Å². The second kappa shape index (κ2) is 9.19. The zero-order valence-electron chi connectivity index (χ0n) is 16.3. The Kier molecular flexibility index (Phi) is 6.20. The van der Waals surface area contributed by atoms with E-state index in [0.717, 1.165) is 18.9 Å². The van der Waals surface area contributed by atoms with Crippen LogP contribution in [0.5, 0.6) is 11.5 Å². The molecule has 2 aliphatic heterocycles. The second-order valence-corrected chi connectivity index (χ2v) is 7.39. The van der Waals surface area contributed by atoms with Gasteiger partial charge in [0.15, 0.2) is 11.5 Å². The van der Waals surface area contributed by atoms with Crippen LogP contribution in [0.25, 0.3) is 0 Å². The first-order valence-corrected chi connectivity index (χ1v) is 10.0. The molecule has 10 heteroatoms. The minimum atomic E-state index is -0.583. The number of benzene rings is 1. The molecule has 3 heterocycles. The number of fused-ring (bicyclic) bond motifs is 1. The van der Waals surface area contributed by atoms with E-state index in [1.54, 1.807) is 24.4 Å². The average Bonchev–Trinajstić information content (AvgIpc) is 2.74. The number of halogens is 1. The van der Waals surface area contributed by atoms with Gasteiger partial charge in [-0.1, -0.05) is 11.6 Å². The van der Waals surface area contributed by atoms with Crippen LogP contribution in [0.3, 0.4) is 0 Å². The predicted molar refractivity (Wildman–Crippen MR) is 112 cm³/mol. The summed E-state index contributed by atoms with van der Waals surface area (Å²) in [5, 5.41) is 5.60. The number of hydrogen-bond donors (Lipinski definition) is 2. The summed E-state index contributed by atoms with van der Waals surface area (Å²) in [6, 6.07) is 8.20. The van der Waals surface area contributed by atoms with E-state index in [9.17, 15) is 9.59 Å². The van der Waals surface area contributed by atoms with Crippen LogP contribution in [0.4, 0.5) is 16.3 Å². The zero-order valence-corrected chi connectivity index (χ0v) is 17.0. The van der Waals surface area contributed by atoms with Crippen molar-refractivity contribution in [1.82, 2.24) is 15.2 Å². The van der Waals surface area contributed by atoms with Gasteiger partial charge in [0.05, 0.1) is 11.6 Å². The molecule has 0 radical (unpaired) electrons. The third-order valence-corrected chi connectivity index (χ3v) is 5.05. The van der Waals surface area contributed by atoms with Crippen molar-refractivity contribution in [2.24, 2.45) is 0 Å². The molecule has 0 aliphatic carbocycles. The van der Waals surface area contributed by atoms with Gasteiger partial charge in [0, 0.05) is 44.1 Å². The van der Waals surface area contributed by atoms with Crippen molar-refractivity contribution in [2.45, 2.75) is 0 Å². The Morgan fingerprint density at radius 1 is 1.03 bits per heavy atom. The first kappa shape index (κ1) is 20.2. The number of hydrogen-bond acceptors (Lipinski definition) is 7. The van der Waals surface area contributed by atoms with Gasteiger partial charge >= 0.3 is 6.03 Å². The van der Waals surface area contributed by atoms with E-state index in [-0.39, 0.29) is 12.5 Å². The minimum Gasteiger partial charge on any atom is -0.486 e. The van der Waals surface area contributed by atoms with Crippen LogP contribution in [0.15, 0.2) is 36.5 Å². The molecule has 158 valence electrons. The van der Waals surface area contributed by atoms with Crippen LogP contribution in [0, 0.1) is 0 Å². The topological polar surface area (TPSA) is 96.0 Å². The van der Waals surface area contributed by atoms with Crippen LogP contribution in [-0.2, 0) is 4.79 Å². The average molecular weight is 432 g/mol. The molecule has 0 saturated carbocycles. The lowest BCUT2D eigenvalue weighted by atomic mass is 10.2. The summed E-state index contributed by atoms with van der Waals surface area (Å²) < 4.78 is 10.9. The molecule has 0 spiro atoms. The number of imide groups is 1. The Morgan fingerprint density at radius 2 is 1.80 bits per heavy atom. The molecule has 1 fully saturated rings. The maximum absolute atomic E-state index is 12.2. The number of carbonyl (C=O) groups excluding carboxylic acids is 2. The van der Waals surface area contributed by atoms with Crippen molar-refractivity contribution in [3.05, 3.63) is 41.6 Å². The fraction of sp³-hybridized carbons (Fsp3) is 0.350. The van der Waals surface area contributed by atoms with Gasteiger partial charge in [-0.15, -0.1) is 0 Å². The lowest BCUT2D eigenvalue weighted by molar-refractivity contribution is -0.121. The predicted octanol–water partition coefficient (Wildman–Crippen LogP) is 1.98. The lowest BCUT2D eigenvalue weighted by Gasteiger charge is -2.34. The van der Waals surface area contributed by atoms with Gasteiger partial charge in [-0.2, -0.15) is 0 Å². The summed E-state index contributed by atoms with van der Waals surface area (Å²) in [6.45, 7) is 3.98. The Bertz CT molecular complexity index is 916. The maximum Gasteiger partial charge on any atom is 0.325 e. The number of ether oxygens (including phenoxy) is 2. The van der Waals surface area contributed by atoms with Crippen LogP contribution in [0.2, 0.25) is 5.02 Å². The van der Waals surface area contributed by atoms with Crippen LogP contribution in [0.1, 0.15) is 0 Å². The van der Waals surface area contributed by atoms with E-state index >= 15 is 0 Å². The van der Waals surface area contributed by atoms with E-state index in [1.807, 2.05) is 17.0 Å². The number of rotatable bonds is 4. The van der Waals surface area contributed by atoms with Gasteiger partial charge in [-0.3, -0.25) is 15.0 Å². The zero-order chi connectivity index (χ0) is 20.9. The van der Waals surface area contributed by atoms with Crippen LogP contribution < -0.4 is 25.0 Å². The Balaban J connectivity index is 1.22. The number of aromatic nitrogens is 1. The van der Waals surface area contributed by atoms with Crippen molar-refractivity contribution in [2.75, 3.05) is 56.2 Å². The third-order valence-electron chi connectivity index (χ3n) is 4.83. The van der Waals surface area contributed by atoms with Crippen molar-refractivity contribution < 1.29 is 19.1 Å². The smallest absolute Gasteiger partial charge is 0.325 e. The number of amides is 3. The molecule has 2 N–H and O–H groups in total. The standard InChI is InChI=1S/C20H22ClN5O4/c21-14-1-4-18(22-12-14)26-7-5-25(6-8-26)13-19(27)24-20(28)23-15-2-3-16-17(11-15)30-10-9-29-16/h1-4,11-12H,5-10,13H2,(H2,23,24,27,28). The molecule has 3 amide bonds. The van der Waals surface area contributed by atoms with Gasteiger partial charge < -0.3 is 19.7 Å². The molecule has 2 aliphatic rings. The molecule has 4 rings (SSSR count). The number of anilines is 2. The molecular weight excluding hydrogens is 410 g/mol. The summed E-state index contributed by atoms with van der Waals surface area (Å²) in [4.78, 5) is 32.8. The fourth-order valence-corrected chi connectivity index (χ4v) is 3.45. The number of urea groups is 1. The summed E-state index contributed by atoms with van der Waals surface area (Å²) in [5.74, 6) is 1.71. The van der Waals surface area contributed by atoms with Crippen molar-refractivity contribution in [1.29, 1.82) is 0 Å². The first-order valence-electron chi connectivity index (χ1n) is 9.66. The van der Waals surface area contributed by atoms with Crippen molar-refractivity contribution >= 4 is 35.0 Å². The molecule has 0 unspecified atom stereocenters. The number of piperazine rings is 1. The molecule has 1 aromatic heterocycles.